The fourth-order valence-electron chi connectivity index (χ4n) is 1.74. The van der Waals surface area contributed by atoms with Gasteiger partial charge >= 0.3 is 12.1 Å². The van der Waals surface area contributed by atoms with E-state index in [0.717, 1.165) is 4.90 Å². The Balaban J connectivity index is 2.61. The second kappa shape index (κ2) is 6.21. The van der Waals surface area contributed by atoms with Gasteiger partial charge in [0.05, 0.1) is 0 Å². The molecule has 0 spiro atoms. The van der Waals surface area contributed by atoms with E-state index in [4.69, 9.17) is 9.84 Å². The quantitative estimate of drug-likeness (QED) is 0.513. The van der Waals surface area contributed by atoms with Gasteiger partial charge in [-0.05, 0) is 32.9 Å². The van der Waals surface area contributed by atoms with Crippen molar-refractivity contribution in [1.82, 2.24) is 10.2 Å². The number of carbonyl (C=O) groups excluding carboxylic acids is 1. The molecule has 20 heavy (non-hydrogen) atoms. The largest absolute Gasteiger partial charge is 0.480 e. The molecule has 1 heterocycles. The van der Waals surface area contributed by atoms with Crippen molar-refractivity contribution < 1.29 is 29.6 Å². The number of carboxylic acids is 1. The third-order valence-corrected chi connectivity index (χ3v) is 2.55. The van der Waals surface area contributed by atoms with Gasteiger partial charge in [-0.1, -0.05) is 0 Å². The molecule has 1 amide bonds. The zero-order chi connectivity index (χ0) is 15.5. The highest BCUT2D eigenvalue weighted by atomic mass is 16.6. The summed E-state index contributed by atoms with van der Waals surface area (Å²) in [7, 11) is 0. The third kappa shape index (κ3) is 4.48. The van der Waals surface area contributed by atoms with Crippen LogP contribution in [0.4, 0.5) is 4.79 Å². The van der Waals surface area contributed by atoms with Crippen LogP contribution in [0.1, 0.15) is 20.8 Å². The zero-order valence-corrected chi connectivity index (χ0v) is 11.6. The van der Waals surface area contributed by atoms with Gasteiger partial charge in [0.2, 0.25) is 0 Å². The third-order valence-electron chi connectivity index (χ3n) is 2.55. The number of hydrogen-bond donors (Lipinski definition) is 4. The van der Waals surface area contributed by atoms with Crippen LogP contribution in [0, 0.1) is 0 Å². The SMILES string of the molecule is CC(C)(C)OC(=O)NC[C@@H](C(=O)O)N1[C@@H](O)C=C[C@@H]1O. The number of aliphatic hydroxyl groups excluding tert-OH is 2. The van der Waals surface area contributed by atoms with E-state index in [1.807, 2.05) is 0 Å². The molecule has 0 aromatic rings. The first kappa shape index (κ1) is 16.4. The number of rotatable bonds is 4. The van der Waals surface area contributed by atoms with Gasteiger partial charge in [0.15, 0.2) is 0 Å². The van der Waals surface area contributed by atoms with Crippen LogP contribution >= 0.6 is 0 Å². The summed E-state index contributed by atoms with van der Waals surface area (Å²) in [4.78, 5) is 23.6. The summed E-state index contributed by atoms with van der Waals surface area (Å²) in [5.74, 6) is -1.28. The lowest BCUT2D eigenvalue weighted by Crippen LogP contribution is -2.54. The topological polar surface area (TPSA) is 119 Å². The Kier molecular flexibility index (Phi) is 5.09. The molecule has 0 saturated carbocycles. The minimum absolute atomic E-state index is 0.306. The van der Waals surface area contributed by atoms with E-state index in [0.29, 0.717) is 0 Å². The number of aliphatic hydroxyl groups is 2. The number of carbonyl (C=O) groups is 2. The van der Waals surface area contributed by atoms with Gasteiger partial charge in [0.25, 0.3) is 0 Å². The molecule has 0 aromatic heterocycles. The van der Waals surface area contributed by atoms with E-state index in [1.165, 1.54) is 12.2 Å². The number of nitrogens with one attached hydrogen (secondary N) is 1. The molecule has 1 aliphatic heterocycles. The van der Waals surface area contributed by atoms with E-state index < -0.39 is 36.2 Å². The normalized spacial score (nSPS) is 24.4. The molecule has 114 valence electrons. The summed E-state index contributed by atoms with van der Waals surface area (Å²) in [5, 5.41) is 30.6. The van der Waals surface area contributed by atoms with Gasteiger partial charge in [-0.2, -0.15) is 0 Å². The second-order valence-electron chi connectivity index (χ2n) is 5.40. The smallest absolute Gasteiger partial charge is 0.407 e. The molecule has 0 unspecified atom stereocenters. The highest BCUT2D eigenvalue weighted by Gasteiger charge is 2.37. The maximum absolute atomic E-state index is 11.5. The monoisotopic (exact) mass is 288 g/mol. The van der Waals surface area contributed by atoms with Crippen molar-refractivity contribution in [3.05, 3.63) is 12.2 Å². The summed E-state index contributed by atoms with van der Waals surface area (Å²) in [6.07, 6.45) is -0.653. The number of nitrogens with zero attached hydrogens (tertiary/aromatic N) is 1. The minimum atomic E-state index is -1.28. The lowest BCUT2D eigenvalue weighted by atomic mass is 10.2. The van der Waals surface area contributed by atoms with Crippen molar-refractivity contribution in [3.63, 3.8) is 0 Å². The Morgan fingerprint density at radius 3 is 2.20 bits per heavy atom. The van der Waals surface area contributed by atoms with Crippen molar-refractivity contribution >= 4 is 12.1 Å². The molecule has 0 bridgehead atoms. The number of carboxylic acid groups (broad SMARTS) is 1. The number of alkyl carbamates (subject to hydrolysis) is 1. The fraction of sp³-hybridized carbons (Fsp3) is 0.667. The van der Waals surface area contributed by atoms with E-state index >= 15 is 0 Å². The lowest BCUT2D eigenvalue weighted by Gasteiger charge is -2.30. The molecule has 1 rings (SSSR count). The molecule has 1 aliphatic rings. The van der Waals surface area contributed by atoms with Crippen molar-refractivity contribution in [3.8, 4) is 0 Å². The lowest BCUT2D eigenvalue weighted by molar-refractivity contribution is -0.152. The summed E-state index contributed by atoms with van der Waals surface area (Å²) in [6.45, 7) is 4.73. The van der Waals surface area contributed by atoms with E-state index in [9.17, 15) is 19.8 Å². The minimum Gasteiger partial charge on any atom is -0.480 e. The molecular weight excluding hydrogens is 268 g/mol. The Morgan fingerprint density at radius 1 is 1.30 bits per heavy atom. The number of amides is 1. The average molecular weight is 288 g/mol. The molecule has 8 nitrogen and oxygen atoms in total. The van der Waals surface area contributed by atoms with Crippen LogP contribution in [0.25, 0.3) is 0 Å². The number of aliphatic carboxylic acids is 1. The van der Waals surface area contributed by atoms with Crippen molar-refractivity contribution in [2.24, 2.45) is 0 Å². The molecular formula is C12H20N2O6. The van der Waals surface area contributed by atoms with Gasteiger partial charge in [0, 0.05) is 6.54 Å². The maximum Gasteiger partial charge on any atom is 0.407 e. The Hall–Kier alpha value is -1.64. The van der Waals surface area contributed by atoms with Crippen molar-refractivity contribution in [1.29, 1.82) is 0 Å². The Bertz CT molecular complexity index is 391. The summed E-state index contributed by atoms with van der Waals surface area (Å²) < 4.78 is 4.98. The first-order valence-corrected chi connectivity index (χ1v) is 6.13. The maximum atomic E-state index is 11.5. The molecule has 0 saturated heterocycles. The zero-order valence-electron chi connectivity index (χ0n) is 11.6. The van der Waals surface area contributed by atoms with Crippen LogP contribution in [-0.4, -0.2) is 62.9 Å². The van der Waals surface area contributed by atoms with E-state index in [-0.39, 0.29) is 6.54 Å². The Labute approximate surface area is 116 Å². The standard InChI is InChI=1S/C12H20N2O6/c1-12(2,3)20-11(19)13-6-7(10(17)18)14-8(15)4-5-9(14)16/h4-5,7-9,15-16H,6H2,1-3H3,(H,13,19)(H,17,18)/t7-,8-,9-/m0/s1. The number of hydrogen-bond acceptors (Lipinski definition) is 6. The molecule has 8 heteroatoms. The average Bonchev–Trinajstić information content (AvgIpc) is 2.58. The molecule has 0 aromatic carbocycles. The van der Waals surface area contributed by atoms with E-state index in [1.54, 1.807) is 20.8 Å². The molecule has 4 N–H and O–H groups in total. The van der Waals surface area contributed by atoms with Crippen molar-refractivity contribution in [2.75, 3.05) is 6.54 Å². The first-order chi connectivity index (χ1) is 9.11. The second-order valence-corrected chi connectivity index (χ2v) is 5.40. The molecule has 3 atom stereocenters. The predicted molar refractivity (Wildman–Crippen MR) is 68.7 cm³/mol. The summed E-state index contributed by atoms with van der Waals surface area (Å²) >= 11 is 0. The van der Waals surface area contributed by atoms with Gasteiger partial charge in [-0.25, -0.2) is 9.69 Å². The summed E-state index contributed by atoms with van der Waals surface area (Å²) in [5.41, 5.74) is -0.697. The van der Waals surface area contributed by atoms with Gasteiger partial charge in [0.1, 0.15) is 24.1 Å². The summed E-state index contributed by atoms with van der Waals surface area (Å²) in [6, 6.07) is -1.28. The van der Waals surface area contributed by atoms with Crippen LogP contribution in [0.15, 0.2) is 12.2 Å². The highest BCUT2D eigenvalue weighted by molar-refractivity contribution is 5.75. The van der Waals surface area contributed by atoms with Crippen molar-refractivity contribution in [2.45, 2.75) is 44.9 Å². The fourth-order valence-corrected chi connectivity index (χ4v) is 1.74. The molecule has 0 fully saturated rings. The van der Waals surface area contributed by atoms with Crippen LogP contribution in [0.2, 0.25) is 0 Å². The predicted octanol–water partition coefficient (Wildman–Crippen LogP) is -0.527. The van der Waals surface area contributed by atoms with Gasteiger partial charge in [-0.3, -0.25) is 4.79 Å². The van der Waals surface area contributed by atoms with Crippen LogP contribution in [-0.2, 0) is 9.53 Å². The highest BCUT2D eigenvalue weighted by Crippen LogP contribution is 2.17. The van der Waals surface area contributed by atoms with Crippen LogP contribution in [0.3, 0.4) is 0 Å². The van der Waals surface area contributed by atoms with E-state index in [2.05, 4.69) is 5.32 Å². The first-order valence-electron chi connectivity index (χ1n) is 6.13. The Morgan fingerprint density at radius 2 is 1.80 bits per heavy atom. The van der Waals surface area contributed by atoms with Crippen LogP contribution < -0.4 is 5.32 Å². The van der Waals surface area contributed by atoms with Crippen LogP contribution in [0.5, 0.6) is 0 Å². The molecule has 0 radical (unpaired) electrons. The number of ether oxygens (including phenoxy) is 1. The van der Waals surface area contributed by atoms with Gasteiger partial charge in [-0.15, -0.1) is 0 Å². The van der Waals surface area contributed by atoms with Gasteiger partial charge < -0.3 is 25.4 Å². The molecule has 0 aliphatic carbocycles.